The molecule has 0 aliphatic heterocycles. The second-order valence-corrected chi connectivity index (χ2v) is 5.42. The summed E-state index contributed by atoms with van der Waals surface area (Å²) in [4.78, 5) is 0. The second kappa shape index (κ2) is 7.27. The predicted molar refractivity (Wildman–Crippen MR) is 83.6 cm³/mol. The number of aliphatic hydroxyl groups excluding tert-OH is 1. The molecule has 0 radical (unpaired) electrons. The number of benzene rings is 1. The Labute approximate surface area is 126 Å². The summed E-state index contributed by atoms with van der Waals surface area (Å²) in [5.41, 5.74) is 1.95. The SMILES string of the molecule is CCC(C)n1ccc(CC(O)Cc2ccccc2OC)n1. The van der Waals surface area contributed by atoms with Gasteiger partial charge in [0.15, 0.2) is 0 Å². The molecule has 2 rings (SSSR count). The summed E-state index contributed by atoms with van der Waals surface area (Å²) < 4.78 is 7.28. The number of methoxy groups -OCH3 is 1. The molecule has 2 atom stereocenters. The van der Waals surface area contributed by atoms with Gasteiger partial charge in [0.05, 0.1) is 18.9 Å². The standard InChI is InChI=1S/C17H24N2O2/c1-4-13(2)19-10-9-15(18-19)12-16(20)11-14-7-5-6-8-17(14)21-3/h5-10,13,16,20H,4,11-12H2,1-3H3. The van der Waals surface area contributed by atoms with Gasteiger partial charge in [0, 0.05) is 25.1 Å². The van der Waals surface area contributed by atoms with Gasteiger partial charge < -0.3 is 9.84 Å². The molecule has 0 spiro atoms. The van der Waals surface area contributed by atoms with E-state index in [0.717, 1.165) is 23.4 Å². The van der Waals surface area contributed by atoms with Crippen LogP contribution in [0.5, 0.6) is 5.75 Å². The molecule has 0 fully saturated rings. The first kappa shape index (κ1) is 15.6. The summed E-state index contributed by atoms with van der Waals surface area (Å²) in [6.45, 7) is 4.28. The third-order valence-electron chi connectivity index (χ3n) is 3.80. The van der Waals surface area contributed by atoms with Crippen molar-refractivity contribution in [2.45, 2.75) is 45.3 Å². The van der Waals surface area contributed by atoms with Crippen LogP contribution >= 0.6 is 0 Å². The maximum Gasteiger partial charge on any atom is 0.122 e. The molecule has 0 bridgehead atoms. The molecular formula is C17H24N2O2. The fraction of sp³-hybridized carbons (Fsp3) is 0.471. The van der Waals surface area contributed by atoms with E-state index in [2.05, 4.69) is 18.9 Å². The Bertz CT molecular complexity index is 565. The number of aromatic nitrogens is 2. The molecule has 4 nitrogen and oxygen atoms in total. The van der Waals surface area contributed by atoms with Crippen LogP contribution in [0, 0.1) is 0 Å². The first-order chi connectivity index (χ1) is 10.1. The molecule has 2 aromatic rings. The summed E-state index contributed by atoms with van der Waals surface area (Å²) in [6.07, 6.45) is 3.70. The quantitative estimate of drug-likeness (QED) is 0.852. The van der Waals surface area contributed by atoms with Crippen LogP contribution in [0.1, 0.15) is 37.6 Å². The van der Waals surface area contributed by atoms with Gasteiger partial charge >= 0.3 is 0 Å². The molecule has 1 aromatic heterocycles. The van der Waals surface area contributed by atoms with E-state index in [1.807, 2.05) is 41.2 Å². The summed E-state index contributed by atoms with van der Waals surface area (Å²) in [5.74, 6) is 0.821. The number of hydrogen-bond acceptors (Lipinski definition) is 3. The molecule has 1 heterocycles. The zero-order chi connectivity index (χ0) is 15.2. The molecule has 21 heavy (non-hydrogen) atoms. The van der Waals surface area contributed by atoms with Crippen molar-refractivity contribution in [2.24, 2.45) is 0 Å². The van der Waals surface area contributed by atoms with Crippen LogP contribution in [-0.4, -0.2) is 28.1 Å². The fourth-order valence-corrected chi connectivity index (χ4v) is 2.36. The van der Waals surface area contributed by atoms with E-state index in [1.54, 1.807) is 7.11 Å². The van der Waals surface area contributed by atoms with E-state index >= 15 is 0 Å². The topological polar surface area (TPSA) is 47.3 Å². The first-order valence-electron chi connectivity index (χ1n) is 7.48. The van der Waals surface area contributed by atoms with E-state index in [9.17, 15) is 5.11 Å². The van der Waals surface area contributed by atoms with E-state index in [4.69, 9.17) is 4.74 Å². The second-order valence-electron chi connectivity index (χ2n) is 5.42. The molecule has 0 amide bonds. The van der Waals surface area contributed by atoms with Crippen LogP contribution in [0.4, 0.5) is 0 Å². The van der Waals surface area contributed by atoms with Crippen molar-refractivity contribution in [3.8, 4) is 5.75 Å². The van der Waals surface area contributed by atoms with Crippen LogP contribution in [0.2, 0.25) is 0 Å². The number of nitrogens with zero attached hydrogens (tertiary/aromatic N) is 2. The van der Waals surface area contributed by atoms with Crippen molar-refractivity contribution >= 4 is 0 Å². The first-order valence-corrected chi connectivity index (χ1v) is 7.48. The number of ether oxygens (including phenoxy) is 1. The Kier molecular flexibility index (Phi) is 5.39. The van der Waals surface area contributed by atoms with Crippen LogP contribution in [0.15, 0.2) is 36.5 Å². The minimum atomic E-state index is -0.457. The molecule has 0 aliphatic rings. The summed E-state index contributed by atoms with van der Waals surface area (Å²) in [7, 11) is 1.65. The molecular weight excluding hydrogens is 264 g/mol. The molecule has 0 aliphatic carbocycles. The lowest BCUT2D eigenvalue weighted by Crippen LogP contribution is -2.15. The summed E-state index contributed by atoms with van der Waals surface area (Å²) in [5, 5.41) is 14.8. The molecule has 2 unspecified atom stereocenters. The highest BCUT2D eigenvalue weighted by atomic mass is 16.5. The number of hydrogen-bond donors (Lipinski definition) is 1. The smallest absolute Gasteiger partial charge is 0.122 e. The lowest BCUT2D eigenvalue weighted by molar-refractivity contribution is 0.172. The van der Waals surface area contributed by atoms with Crippen molar-refractivity contribution in [3.63, 3.8) is 0 Å². The van der Waals surface area contributed by atoms with Crippen molar-refractivity contribution in [2.75, 3.05) is 7.11 Å². The Balaban J connectivity index is 1.98. The highest BCUT2D eigenvalue weighted by molar-refractivity contribution is 5.33. The molecule has 1 N–H and O–H groups in total. The van der Waals surface area contributed by atoms with Crippen LogP contribution in [0.25, 0.3) is 0 Å². The highest BCUT2D eigenvalue weighted by Crippen LogP contribution is 2.20. The van der Waals surface area contributed by atoms with Crippen LogP contribution in [-0.2, 0) is 12.8 Å². The molecule has 114 valence electrons. The number of aliphatic hydroxyl groups is 1. The average Bonchev–Trinajstić information content (AvgIpc) is 2.95. The lowest BCUT2D eigenvalue weighted by Gasteiger charge is -2.12. The monoisotopic (exact) mass is 288 g/mol. The van der Waals surface area contributed by atoms with E-state index < -0.39 is 6.10 Å². The molecule has 0 saturated heterocycles. The largest absolute Gasteiger partial charge is 0.496 e. The molecule has 0 saturated carbocycles. The van der Waals surface area contributed by atoms with Gasteiger partial charge in [-0.3, -0.25) is 4.68 Å². The van der Waals surface area contributed by atoms with Gasteiger partial charge in [-0.15, -0.1) is 0 Å². The normalized spacial score (nSPS) is 13.9. The summed E-state index contributed by atoms with van der Waals surface area (Å²) in [6, 6.07) is 10.2. The Morgan fingerprint density at radius 1 is 1.24 bits per heavy atom. The Morgan fingerprint density at radius 3 is 2.71 bits per heavy atom. The van der Waals surface area contributed by atoms with Gasteiger partial charge in [0.25, 0.3) is 0 Å². The van der Waals surface area contributed by atoms with Gasteiger partial charge in [-0.1, -0.05) is 25.1 Å². The highest BCUT2D eigenvalue weighted by Gasteiger charge is 2.13. The van der Waals surface area contributed by atoms with E-state index in [-0.39, 0.29) is 0 Å². The van der Waals surface area contributed by atoms with Crippen molar-refractivity contribution in [1.29, 1.82) is 0 Å². The zero-order valence-electron chi connectivity index (χ0n) is 13.0. The molecule has 4 heteroatoms. The third-order valence-corrected chi connectivity index (χ3v) is 3.80. The number of para-hydroxylation sites is 1. The Hall–Kier alpha value is -1.81. The number of rotatable bonds is 7. The Morgan fingerprint density at radius 2 is 2.00 bits per heavy atom. The lowest BCUT2D eigenvalue weighted by atomic mass is 10.0. The average molecular weight is 288 g/mol. The van der Waals surface area contributed by atoms with Crippen LogP contribution in [0.3, 0.4) is 0 Å². The van der Waals surface area contributed by atoms with E-state index in [1.165, 1.54) is 0 Å². The van der Waals surface area contributed by atoms with Gasteiger partial charge in [-0.05, 0) is 31.0 Å². The van der Waals surface area contributed by atoms with Crippen molar-refractivity contribution < 1.29 is 9.84 Å². The van der Waals surface area contributed by atoms with Gasteiger partial charge in [-0.2, -0.15) is 5.10 Å². The van der Waals surface area contributed by atoms with E-state index in [0.29, 0.717) is 18.9 Å². The zero-order valence-corrected chi connectivity index (χ0v) is 13.0. The maximum atomic E-state index is 10.3. The minimum Gasteiger partial charge on any atom is -0.496 e. The third kappa shape index (κ3) is 4.08. The van der Waals surface area contributed by atoms with Crippen molar-refractivity contribution in [3.05, 3.63) is 47.8 Å². The predicted octanol–water partition coefficient (Wildman–Crippen LogP) is 3.01. The van der Waals surface area contributed by atoms with Gasteiger partial charge in [0.1, 0.15) is 5.75 Å². The summed E-state index contributed by atoms with van der Waals surface area (Å²) >= 11 is 0. The van der Waals surface area contributed by atoms with Gasteiger partial charge in [0.2, 0.25) is 0 Å². The van der Waals surface area contributed by atoms with Crippen molar-refractivity contribution in [1.82, 2.24) is 9.78 Å². The maximum absolute atomic E-state index is 10.3. The fourth-order valence-electron chi connectivity index (χ4n) is 2.36. The minimum absolute atomic E-state index is 0.394. The van der Waals surface area contributed by atoms with Crippen LogP contribution < -0.4 is 4.74 Å². The van der Waals surface area contributed by atoms with Gasteiger partial charge in [-0.25, -0.2) is 0 Å². The molecule has 1 aromatic carbocycles.